The summed E-state index contributed by atoms with van der Waals surface area (Å²) >= 11 is 1.01. The summed E-state index contributed by atoms with van der Waals surface area (Å²) in [6.07, 6.45) is 1.64. The molecule has 5 N–H and O–H groups in total. The van der Waals surface area contributed by atoms with Crippen molar-refractivity contribution in [1.82, 2.24) is 20.3 Å². The van der Waals surface area contributed by atoms with E-state index in [2.05, 4.69) is 35.5 Å². The molecule has 0 bridgehead atoms. The number of benzene rings is 1. The lowest BCUT2D eigenvalue weighted by molar-refractivity contribution is -0.118. The predicted octanol–water partition coefficient (Wildman–Crippen LogP) is 2.95. The van der Waals surface area contributed by atoms with Crippen LogP contribution in [0.3, 0.4) is 0 Å². The second kappa shape index (κ2) is 12.5. The first kappa shape index (κ1) is 29.0. The Morgan fingerprint density at radius 3 is 2.52 bits per heavy atom. The Morgan fingerprint density at radius 1 is 1.12 bits per heavy atom. The van der Waals surface area contributed by atoms with Crippen molar-refractivity contribution in [3.8, 4) is 0 Å². The van der Waals surface area contributed by atoms with Crippen LogP contribution in [-0.4, -0.2) is 65.7 Å². The summed E-state index contributed by atoms with van der Waals surface area (Å²) in [5.74, 6) is 0.445. The average molecular weight is 589 g/mol. The molecular weight excluding hydrogens is 556 g/mol. The number of nitrogens with one attached hydrogen (secondary N) is 4. The minimum Gasteiger partial charge on any atom is -0.477 e. The summed E-state index contributed by atoms with van der Waals surface area (Å²) in [5.41, 5.74) is 2.82. The van der Waals surface area contributed by atoms with Gasteiger partial charge in [-0.3, -0.25) is 14.8 Å². The van der Waals surface area contributed by atoms with Crippen LogP contribution in [0.25, 0.3) is 0 Å². The zero-order valence-electron chi connectivity index (χ0n) is 22.4. The topological polar surface area (TPSA) is 179 Å². The summed E-state index contributed by atoms with van der Waals surface area (Å²) < 4.78 is 26.3. The number of rotatable bonds is 12. The molecule has 0 radical (unpaired) electrons. The number of thiazole rings is 1. The lowest BCUT2D eigenvalue weighted by Gasteiger charge is -2.31. The fraction of sp³-hybridized carbons (Fsp3) is 0.400. The second-order valence-electron chi connectivity index (χ2n) is 9.20. The van der Waals surface area contributed by atoms with E-state index >= 15 is 0 Å². The van der Waals surface area contributed by atoms with Crippen molar-refractivity contribution in [2.45, 2.75) is 40.2 Å². The minimum atomic E-state index is -3.36. The number of aromatic nitrogens is 3. The van der Waals surface area contributed by atoms with Crippen LogP contribution >= 0.6 is 11.3 Å². The van der Waals surface area contributed by atoms with Crippen LogP contribution in [0.2, 0.25) is 0 Å². The molecule has 0 atom stereocenters. The normalized spacial score (nSPS) is 12.9. The van der Waals surface area contributed by atoms with Crippen LogP contribution in [-0.2, 0) is 27.8 Å². The molecule has 15 heteroatoms. The Balaban J connectivity index is 1.61. The van der Waals surface area contributed by atoms with E-state index < -0.39 is 16.0 Å². The first-order valence-electron chi connectivity index (χ1n) is 12.8. The molecule has 1 aliphatic heterocycles. The Morgan fingerprint density at radius 2 is 1.88 bits per heavy atom. The van der Waals surface area contributed by atoms with Gasteiger partial charge in [-0.1, -0.05) is 23.5 Å². The fourth-order valence-electron chi connectivity index (χ4n) is 4.19. The lowest BCUT2D eigenvalue weighted by atomic mass is 10.0. The maximum atomic E-state index is 11.9. The van der Waals surface area contributed by atoms with E-state index in [4.69, 9.17) is 4.98 Å². The summed E-state index contributed by atoms with van der Waals surface area (Å²) in [5, 5.41) is 18.9. The molecule has 2 aromatic heterocycles. The van der Waals surface area contributed by atoms with E-state index in [1.807, 2.05) is 12.1 Å². The van der Waals surface area contributed by atoms with Crippen LogP contribution in [0.1, 0.15) is 46.8 Å². The van der Waals surface area contributed by atoms with Gasteiger partial charge in [0.1, 0.15) is 16.5 Å². The van der Waals surface area contributed by atoms with E-state index in [0.29, 0.717) is 42.0 Å². The molecule has 1 aliphatic rings. The zero-order chi connectivity index (χ0) is 28.9. The number of carboxylic acid groups (broad SMARTS) is 1. The van der Waals surface area contributed by atoms with Crippen molar-refractivity contribution in [2.75, 3.05) is 45.6 Å². The number of carbonyl (C=O) groups is 2. The number of aromatic carboxylic acids is 1. The fourth-order valence-corrected chi connectivity index (χ4v) is 5.62. The molecule has 0 spiro atoms. The van der Waals surface area contributed by atoms with E-state index in [-0.39, 0.29) is 22.5 Å². The summed E-state index contributed by atoms with van der Waals surface area (Å²) in [7, 11) is -3.36. The van der Waals surface area contributed by atoms with E-state index in [1.54, 1.807) is 26.0 Å². The summed E-state index contributed by atoms with van der Waals surface area (Å²) in [6.45, 7) is 6.83. The molecule has 3 heterocycles. The average Bonchev–Trinajstić information content (AvgIpc) is 3.28. The molecule has 13 nitrogen and oxygen atoms in total. The number of carboxylic acids is 1. The zero-order valence-corrected chi connectivity index (χ0v) is 24.1. The largest absolute Gasteiger partial charge is 0.477 e. The number of carbonyl (C=O) groups excluding carboxylic acids is 1. The van der Waals surface area contributed by atoms with Crippen molar-refractivity contribution in [3.63, 3.8) is 0 Å². The Hall–Kier alpha value is -3.98. The first-order valence-corrected chi connectivity index (χ1v) is 15.2. The van der Waals surface area contributed by atoms with Gasteiger partial charge in [-0.15, -0.1) is 0 Å². The molecule has 4 rings (SSSR count). The highest BCUT2D eigenvalue weighted by molar-refractivity contribution is 7.92. The molecule has 3 aromatic rings. The van der Waals surface area contributed by atoms with Gasteiger partial charge in [0.25, 0.3) is 0 Å². The maximum Gasteiger partial charge on any atom is 0.347 e. The van der Waals surface area contributed by atoms with Crippen molar-refractivity contribution in [2.24, 2.45) is 0 Å². The van der Waals surface area contributed by atoms with Crippen molar-refractivity contribution in [3.05, 3.63) is 46.0 Å². The molecular formula is C25H32N8O5S2. The molecule has 1 aromatic carbocycles. The molecule has 0 saturated carbocycles. The van der Waals surface area contributed by atoms with Gasteiger partial charge in [0.15, 0.2) is 5.13 Å². The third kappa shape index (κ3) is 7.35. The summed E-state index contributed by atoms with van der Waals surface area (Å²) in [6, 6.07) is 7.22. The van der Waals surface area contributed by atoms with Gasteiger partial charge < -0.3 is 20.6 Å². The molecule has 0 aliphatic carbocycles. The number of nitrogens with zero attached hydrogens (tertiary/aromatic N) is 4. The summed E-state index contributed by atoms with van der Waals surface area (Å²) in [4.78, 5) is 38.8. The van der Waals surface area contributed by atoms with E-state index in [9.17, 15) is 23.1 Å². The highest BCUT2D eigenvalue weighted by Crippen LogP contribution is 2.34. The molecule has 1 amide bonds. The predicted molar refractivity (Wildman–Crippen MR) is 155 cm³/mol. The van der Waals surface area contributed by atoms with Crippen molar-refractivity contribution < 1.29 is 23.1 Å². The highest BCUT2D eigenvalue weighted by atomic mass is 32.2. The number of hydrogen-bond acceptors (Lipinski definition) is 11. The van der Waals surface area contributed by atoms with E-state index in [0.717, 1.165) is 47.7 Å². The van der Waals surface area contributed by atoms with E-state index in [1.165, 1.54) is 6.92 Å². The number of sulfonamides is 1. The second-order valence-corrected chi connectivity index (χ2v) is 12.2. The third-order valence-electron chi connectivity index (χ3n) is 6.12. The standard InChI is InChI=1S/C25H32N8O5S2/c1-4-40(37,38)32-18-9-7-17(8-10-18)14-33-13-5-6-19-21(27-12-11-26-16(3)34)29-24(30-22(19)33)31-25-28-15(2)20(39-25)23(35)36/h7-10,32H,4-6,11-14H2,1-3H3,(H,26,34)(H,35,36)(H2,27,28,29,30,31). The molecule has 0 fully saturated rings. The minimum absolute atomic E-state index is 0.00521. The Labute approximate surface area is 236 Å². The number of hydrogen-bond donors (Lipinski definition) is 5. The van der Waals surface area contributed by atoms with Crippen LogP contribution in [0.4, 0.5) is 28.4 Å². The van der Waals surface area contributed by atoms with Gasteiger partial charge >= 0.3 is 5.97 Å². The van der Waals surface area contributed by atoms with Crippen molar-refractivity contribution in [1.29, 1.82) is 0 Å². The number of anilines is 5. The smallest absolute Gasteiger partial charge is 0.347 e. The maximum absolute atomic E-state index is 11.9. The van der Waals surface area contributed by atoms with Crippen LogP contribution in [0.5, 0.6) is 0 Å². The van der Waals surface area contributed by atoms with Crippen molar-refractivity contribution >= 4 is 61.6 Å². The monoisotopic (exact) mass is 588 g/mol. The van der Waals surface area contributed by atoms with Gasteiger partial charge in [-0.25, -0.2) is 18.2 Å². The Kier molecular flexibility index (Phi) is 9.04. The molecule has 0 saturated heterocycles. The lowest BCUT2D eigenvalue weighted by Crippen LogP contribution is -2.32. The van der Waals surface area contributed by atoms with Gasteiger partial charge in [0.2, 0.25) is 21.9 Å². The van der Waals surface area contributed by atoms with Crippen LogP contribution in [0, 0.1) is 6.92 Å². The Bertz CT molecular complexity index is 1490. The van der Waals surface area contributed by atoms with Crippen LogP contribution in [0.15, 0.2) is 24.3 Å². The number of aryl methyl sites for hydroxylation is 1. The quantitative estimate of drug-likeness (QED) is 0.196. The van der Waals surface area contributed by atoms with Gasteiger partial charge in [-0.2, -0.15) is 9.97 Å². The number of fused-ring (bicyclic) bond motifs is 1. The van der Waals surface area contributed by atoms with Gasteiger partial charge in [0.05, 0.1) is 11.4 Å². The molecule has 40 heavy (non-hydrogen) atoms. The first-order chi connectivity index (χ1) is 19.0. The molecule has 214 valence electrons. The molecule has 0 unspecified atom stereocenters. The SMILES string of the molecule is CCS(=O)(=O)Nc1ccc(CN2CCCc3c(NCCNC(C)=O)nc(Nc4nc(C)c(C(=O)O)s4)nc32)cc1. The van der Waals surface area contributed by atoms with Gasteiger partial charge in [0, 0.05) is 44.4 Å². The highest BCUT2D eigenvalue weighted by Gasteiger charge is 2.25. The number of amides is 1. The van der Waals surface area contributed by atoms with Crippen LogP contribution < -0.4 is 25.6 Å². The third-order valence-corrected chi connectivity index (χ3v) is 8.49. The van der Waals surface area contributed by atoms with Gasteiger partial charge in [-0.05, 0) is 44.4 Å².